The molecule has 2 heterocycles. The molecule has 0 aliphatic carbocycles. The van der Waals surface area contributed by atoms with Crippen LogP contribution < -0.4 is 10.2 Å². The highest BCUT2D eigenvalue weighted by atomic mass is 15.3. The number of hydrogen-bond acceptors (Lipinski definition) is 5. The third kappa shape index (κ3) is 4.28. The van der Waals surface area contributed by atoms with Crippen LogP contribution in [0.15, 0.2) is 30.3 Å². The minimum Gasteiger partial charge on any atom is -0.340 e. The highest BCUT2D eigenvalue weighted by Crippen LogP contribution is 2.27. The highest BCUT2D eigenvalue weighted by Gasteiger charge is 2.18. The van der Waals surface area contributed by atoms with Crippen molar-refractivity contribution in [2.75, 3.05) is 42.9 Å². The quantitative estimate of drug-likeness (QED) is 0.898. The summed E-state index contributed by atoms with van der Waals surface area (Å²) in [5.74, 6) is 2.17. The van der Waals surface area contributed by atoms with E-state index in [0.29, 0.717) is 5.92 Å². The Bertz CT molecular complexity index is 705. The number of aromatic nitrogens is 2. The van der Waals surface area contributed by atoms with Crippen molar-refractivity contribution in [2.45, 2.75) is 33.6 Å². The van der Waals surface area contributed by atoms with Crippen molar-refractivity contribution in [2.24, 2.45) is 0 Å². The number of benzene rings is 1. The zero-order chi connectivity index (χ0) is 17.8. The van der Waals surface area contributed by atoms with Crippen LogP contribution in [0.3, 0.4) is 0 Å². The Kier molecular flexibility index (Phi) is 5.53. The fraction of sp³-hybridized carbons (Fsp3) is 0.500. The van der Waals surface area contributed by atoms with E-state index < -0.39 is 0 Å². The van der Waals surface area contributed by atoms with Gasteiger partial charge in [-0.05, 0) is 31.0 Å². The summed E-state index contributed by atoms with van der Waals surface area (Å²) in [6, 6.07) is 10.5. The SMILES string of the molecule is CCN1CCN(c2nc(C)cc(Nc3ccccc3C(C)C)n2)CC1. The van der Waals surface area contributed by atoms with Crippen LogP contribution in [-0.4, -0.2) is 47.6 Å². The molecule has 0 unspecified atom stereocenters. The van der Waals surface area contributed by atoms with E-state index in [9.17, 15) is 0 Å². The van der Waals surface area contributed by atoms with E-state index in [0.717, 1.165) is 55.9 Å². The van der Waals surface area contributed by atoms with E-state index in [-0.39, 0.29) is 0 Å². The lowest BCUT2D eigenvalue weighted by molar-refractivity contribution is 0.270. The Labute approximate surface area is 151 Å². The molecule has 0 spiro atoms. The number of aryl methyl sites for hydroxylation is 1. The van der Waals surface area contributed by atoms with Gasteiger partial charge in [-0.2, -0.15) is 4.98 Å². The average Bonchev–Trinajstić information content (AvgIpc) is 2.61. The summed E-state index contributed by atoms with van der Waals surface area (Å²) in [4.78, 5) is 14.2. The first-order valence-electron chi connectivity index (χ1n) is 9.25. The molecule has 3 rings (SSSR count). The molecule has 1 saturated heterocycles. The molecule has 1 fully saturated rings. The molecule has 1 aliphatic rings. The largest absolute Gasteiger partial charge is 0.340 e. The van der Waals surface area contributed by atoms with Crippen LogP contribution in [0, 0.1) is 6.92 Å². The van der Waals surface area contributed by atoms with Gasteiger partial charge in [-0.25, -0.2) is 4.98 Å². The monoisotopic (exact) mass is 339 g/mol. The first-order valence-corrected chi connectivity index (χ1v) is 9.25. The van der Waals surface area contributed by atoms with Gasteiger partial charge < -0.3 is 15.1 Å². The van der Waals surface area contributed by atoms with Crippen molar-refractivity contribution in [3.05, 3.63) is 41.6 Å². The molecular weight excluding hydrogens is 310 g/mol. The highest BCUT2D eigenvalue weighted by molar-refractivity contribution is 5.62. The molecule has 5 heteroatoms. The zero-order valence-corrected chi connectivity index (χ0v) is 15.8. The summed E-state index contributed by atoms with van der Waals surface area (Å²) in [5, 5.41) is 3.51. The van der Waals surface area contributed by atoms with Gasteiger partial charge in [0.05, 0.1) is 0 Å². The van der Waals surface area contributed by atoms with Crippen molar-refractivity contribution >= 4 is 17.5 Å². The minimum atomic E-state index is 0.466. The molecule has 1 aliphatic heterocycles. The van der Waals surface area contributed by atoms with Crippen molar-refractivity contribution < 1.29 is 0 Å². The second-order valence-electron chi connectivity index (χ2n) is 6.98. The summed E-state index contributed by atoms with van der Waals surface area (Å²) in [6.45, 7) is 13.9. The number of hydrogen-bond donors (Lipinski definition) is 1. The van der Waals surface area contributed by atoms with Gasteiger partial charge in [0, 0.05) is 43.6 Å². The van der Waals surface area contributed by atoms with Gasteiger partial charge in [0.15, 0.2) is 0 Å². The molecule has 0 radical (unpaired) electrons. The maximum absolute atomic E-state index is 4.79. The number of nitrogens with one attached hydrogen (secondary N) is 1. The van der Waals surface area contributed by atoms with Gasteiger partial charge in [0.25, 0.3) is 0 Å². The van der Waals surface area contributed by atoms with Crippen LogP contribution >= 0.6 is 0 Å². The molecule has 1 aromatic carbocycles. The normalized spacial score (nSPS) is 15.6. The number of rotatable bonds is 5. The number of para-hydroxylation sites is 1. The Balaban J connectivity index is 1.81. The number of piperazine rings is 1. The maximum Gasteiger partial charge on any atom is 0.227 e. The van der Waals surface area contributed by atoms with Gasteiger partial charge in [0.1, 0.15) is 5.82 Å². The molecule has 0 atom stereocenters. The summed E-state index contributed by atoms with van der Waals surface area (Å²) in [7, 11) is 0. The topological polar surface area (TPSA) is 44.3 Å². The average molecular weight is 339 g/mol. The van der Waals surface area contributed by atoms with Gasteiger partial charge in [0.2, 0.25) is 5.95 Å². The zero-order valence-electron chi connectivity index (χ0n) is 15.8. The molecule has 1 aromatic heterocycles. The molecule has 5 nitrogen and oxygen atoms in total. The third-order valence-corrected chi connectivity index (χ3v) is 4.79. The van der Waals surface area contributed by atoms with Crippen LogP contribution in [0.25, 0.3) is 0 Å². The summed E-state index contributed by atoms with van der Waals surface area (Å²) in [6.07, 6.45) is 0. The first-order chi connectivity index (χ1) is 12.1. The van der Waals surface area contributed by atoms with Crippen LogP contribution in [0.4, 0.5) is 17.5 Å². The van der Waals surface area contributed by atoms with Crippen LogP contribution in [0.5, 0.6) is 0 Å². The van der Waals surface area contributed by atoms with Gasteiger partial charge in [-0.3, -0.25) is 0 Å². The molecule has 1 N–H and O–H groups in total. The van der Waals surface area contributed by atoms with Crippen molar-refractivity contribution in [1.82, 2.24) is 14.9 Å². The Morgan fingerprint density at radius 1 is 1.08 bits per heavy atom. The molecule has 0 amide bonds. The fourth-order valence-corrected chi connectivity index (χ4v) is 3.27. The van der Waals surface area contributed by atoms with Crippen LogP contribution in [-0.2, 0) is 0 Å². The van der Waals surface area contributed by atoms with E-state index in [2.05, 4.69) is 65.1 Å². The molecule has 134 valence electrons. The second kappa shape index (κ2) is 7.83. The minimum absolute atomic E-state index is 0.466. The first kappa shape index (κ1) is 17.7. The predicted molar refractivity (Wildman–Crippen MR) is 105 cm³/mol. The summed E-state index contributed by atoms with van der Waals surface area (Å²) >= 11 is 0. The van der Waals surface area contributed by atoms with Crippen molar-refractivity contribution in [1.29, 1.82) is 0 Å². The lowest BCUT2D eigenvalue weighted by atomic mass is 10.0. The smallest absolute Gasteiger partial charge is 0.227 e. The summed E-state index contributed by atoms with van der Waals surface area (Å²) in [5.41, 5.74) is 3.42. The number of anilines is 3. The van der Waals surface area contributed by atoms with Crippen molar-refractivity contribution in [3.63, 3.8) is 0 Å². The molecule has 25 heavy (non-hydrogen) atoms. The van der Waals surface area contributed by atoms with Gasteiger partial charge >= 0.3 is 0 Å². The fourth-order valence-electron chi connectivity index (χ4n) is 3.27. The second-order valence-corrected chi connectivity index (χ2v) is 6.98. The van der Waals surface area contributed by atoms with Gasteiger partial charge in [-0.1, -0.05) is 39.0 Å². The molecule has 2 aromatic rings. The standard InChI is InChI=1S/C20H29N5/c1-5-24-10-12-25(13-11-24)20-21-16(4)14-19(23-20)22-18-9-7-6-8-17(18)15(2)3/h6-9,14-15H,5,10-13H2,1-4H3,(H,21,22,23). The lowest BCUT2D eigenvalue weighted by Gasteiger charge is -2.34. The van der Waals surface area contributed by atoms with Crippen molar-refractivity contribution in [3.8, 4) is 0 Å². The Morgan fingerprint density at radius 2 is 1.80 bits per heavy atom. The Morgan fingerprint density at radius 3 is 2.48 bits per heavy atom. The third-order valence-electron chi connectivity index (χ3n) is 4.79. The molecule has 0 bridgehead atoms. The van der Waals surface area contributed by atoms with E-state index in [1.54, 1.807) is 0 Å². The van der Waals surface area contributed by atoms with Crippen LogP contribution in [0.2, 0.25) is 0 Å². The molecular formula is C20H29N5. The number of likely N-dealkylation sites (N-methyl/N-ethyl adjacent to an activating group) is 1. The van der Waals surface area contributed by atoms with E-state index in [4.69, 9.17) is 4.98 Å². The maximum atomic E-state index is 4.79. The van der Waals surface area contributed by atoms with Crippen LogP contribution in [0.1, 0.15) is 37.9 Å². The van der Waals surface area contributed by atoms with E-state index in [1.165, 1.54) is 5.56 Å². The molecule has 0 saturated carbocycles. The lowest BCUT2D eigenvalue weighted by Crippen LogP contribution is -2.46. The van der Waals surface area contributed by atoms with E-state index >= 15 is 0 Å². The Hall–Kier alpha value is -2.14. The predicted octanol–water partition coefficient (Wildman–Crippen LogP) is 3.79. The number of nitrogens with zero attached hydrogens (tertiary/aromatic N) is 4. The van der Waals surface area contributed by atoms with E-state index in [1.807, 2.05) is 13.0 Å². The summed E-state index contributed by atoms with van der Waals surface area (Å²) < 4.78 is 0. The van der Waals surface area contributed by atoms with Gasteiger partial charge in [-0.15, -0.1) is 0 Å².